The van der Waals surface area contributed by atoms with Crippen LogP contribution in [0.25, 0.3) is 5.69 Å². The van der Waals surface area contributed by atoms with E-state index in [0.29, 0.717) is 11.4 Å². The molecule has 8 nitrogen and oxygen atoms in total. The minimum Gasteiger partial charge on any atom is -0.494 e. The Morgan fingerprint density at radius 3 is 2.91 bits per heavy atom. The summed E-state index contributed by atoms with van der Waals surface area (Å²) in [5, 5.41) is 7.99. The minimum absolute atomic E-state index is 0.00937. The molecule has 23 heavy (non-hydrogen) atoms. The fraction of sp³-hybridized carbons (Fsp3) is 0.133. The predicted molar refractivity (Wildman–Crippen MR) is 79.1 cm³/mol. The third-order valence-electron chi connectivity index (χ3n) is 3.00. The van der Waals surface area contributed by atoms with Crippen molar-refractivity contribution in [1.82, 2.24) is 25.0 Å². The smallest absolute Gasteiger partial charge is 0.358 e. The van der Waals surface area contributed by atoms with Crippen molar-refractivity contribution in [3.8, 4) is 11.4 Å². The van der Waals surface area contributed by atoms with Gasteiger partial charge >= 0.3 is 5.97 Å². The normalized spacial score (nSPS) is 10.3. The molecule has 0 aliphatic heterocycles. The fourth-order valence-electron chi connectivity index (χ4n) is 1.92. The van der Waals surface area contributed by atoms with E-state index < -0.39 is 5.97 Å². The number of esters is 1. The van der Waals surface area contributed by atoms with Crippen molar-refractivity contribution in [2.45, 2.75) is 6.61 Å². The molecular weight excluding hydrogens is 298 g/mol. The highest BCUT2D eigenvalue weighted by Gasteiger charge is 2.12. The molecule has 0 unspecified atom stereocenters. The van der Waals surface area contributed by atoms with E-state index in [1.54, 1.807) is 18.0 Å². The molecule has 0 atom stereocenters. The Hall–Kier alpha value is -3.29. The molecule has 1 aromatic carbocycles. The fourth-order valence-corrected chi connectivity index (χ4v) is 1.92. The van der Waals surface area contributed by atoms with Crippen LogP contribution in [-0.2, 0) is 11.3 Å². The lowest BCUT2D eigenvalue weighted by Gasteiger charge is -2.06. The van der Waals surface area contributed by atoms with Crippen molar-refractivity contribution in [1.29, 1.82) is 0 Å². The summed E-state index contributed by atoms with van der Waals surface area (Å²) in [6, 6.07) is 7.41. The zero-order valence-electron chi connectivity index (χ0n) is 12.3. The molecule has 0 aliphatic rings. The number of hydrogen-bond donors (Lipinski definition) is 0. The molecular formula is C15H13N5O3. The van der Waals surface area contributed by atoms with Gasteiger partial charge in [0.05, 0.1) is 19.5 Å². The first-order valence-electron chi connectivity index (χ1n) is 6.75. The molecule has 0 fully saturated rings. The SMILES string of the molecule is COc1ccccc1-n1cc(COC(=O)c2cnccn2)nn1. The predicted octanol–water partition coefficient (Wildman–Crippen LogP) is 1.42. The van der Waals surface area contributed by atoms with E-state index in [4.69, 9.17) is 9.47 Å². The molecule has 0 radical (unpaired) electrons. The number of methoxy groups -OCH3 is 1. The summed E-state index contributed by atoms with van der Waals surface area (Å²) in [4.78, 5) is 19.5. The summed E-state index contributed by atoms with van der Waals surface area (Å²) in [5.74, 6) is 0.102. The Morgan fingerprint density at radius 1 is 1.26 bits per heavy atom. The van der Waals surface area contributed by atoms with Gasteiger partial charge in [-0.3, -0.25) is 4.98 Å². The molecule has 3 rings (SSSR count). The van der Waals surface area contributed by atoms with Gasteiger partial charge in [-0.25, -0.2) is 14.5 Å². The van der Waals surface area contributed by atoms with E-state index in [1.807, 2.05) is 24.3 Å². The van der Waals surface area contributed by atoms with Crippen molar-refractivity contribution in [2.24, 2.45) is 0 Å². The molecule has 8 heteroatoms. The second kappa shape index (κ2) is 6.65. The molecule has 0 spiro atoms. The number of rotatable bonds is 5. The van der Waals surface area contributed by atoms with Crippen LogP contribution >= 0.6 is 0 Å². The Balaban J connectivity index is 1.69. The van der Waals surface area contributed by atoms with E-state index in [1.165, 1.54) is 18.6 Å². The molecule has 0 N–H and O–H groups in total. The first kappa shape index (κ1) is 14.6. The van der Waals surface area contributed by atoms with Crippen molar-refractivity contribution in [2.75, 3.05) is 7.11 Å². The summed E-state index contributed by atoms with van der Waals surface area (Å²) < 4.78 is 12.0. The van der Waals surface area contributed by atoms with E-state index >= 15 is 0 Å². The van der Waals surface area contributed by atoms with Crippen LogP contribution in [0.3, 0.4) is 0 Å². The molecule has 0 aliphatic carbocycles. The summed E-state index contributed by atoms with van der Waals surface area (Å²) in [7, 11) is 1.58. The summed E-state index contributed by atoms with van der Waals surface area (Å²) in [6.07, 6.45) is 5.92. The highest BCUT2D eigenvalue weighted by Crippen LogP contribution is 2.21. The van der Waals surface area contributed by atoms with Crippen LogP contribution in [0.15, 0.2) is 49.1 Å². The van der Waals surface area contributed by atoms with Crippen LogP contribution < -0.4 is 4.74 Å². The number of nitrogens with zero attached hydrogens (tertiary/aromatic N) is 5. The zero-order valence-corrected chi connectivity index (χ0v) is 12.3. The van der Waals surface area contributed by atoms with Gasteiger partial charge in [0.25, 0.3) is 0 Å². The van der Waals surface area contributed by atoms with Crippen LogP contribution in [0.2, 0.25) is 0 Å². The van der Waals surface area contributed by atoms with Crippen LogP contribution in [-0.4, -0.2) is 38.0 Å². The topological polar surface area (TPSA) is 92.0 Å². The standard InChI is InChI=1S/C15H13N5O3/c1-22-14-5-3-2-4-13(14)20-9-11(18-19-20)10-23-15(21)12-8-16-6-7-17-12/h2-9H,10H2,1H3. The maximum Gasteiger partial charge on any atom is 0.358 e. The third kappa shape index (κ3) is 3.31. The maximum absolute atomic E-state index is 11.8. The molecule has 2 aromatic heterocycles. The quantitative estimate of drug-likeness (QED) is 0.658. The van der Waals surface area contributed by atoms with Gasteiger partial charge in [-0.05, 0) is 12.1 Å². The van der Waals surface area contributed by atoms with Crippen LogP contribution in [0.5, 0.6) is 5.75 Å². The lowest BCUT2D eigenvalue weighted by atomic mass is 10.3. The molecule has 0 bridgehead atoms. The number of para-hydroxylation sites is 2. The van der Waals surface area contributed by atoms with Crippen molar-refractivity contribution in [3.63, 3.8) is 0 Å². The van der Waals surface area contributed by atoms with Gasteiger partial charge in [0.15, 0.2) is 5.69 Å². The Labute approximate surface area is 131 Å². The summed E-state index contributed by atoms with van der Waals surface area (Å²) in [5.41, 5.74) is 1.40. The average molecular weight is 311 g/mol. The second-order valence-electron chi connectivity index (χ2n) is 4.49. The lowest BCUT2D eigenvalue weighted by molar-refractivity contribution is 0.0460. The average Bonchev–Trinajstić information content (AvgIpc) is 3.09. The largest absolute Gasteiger partial charge is 0.494 e. The monoisotopic (exact) mass is 311 g/mol. The van der Waals surface area contributed by atoms with Crippen molar-refractivity contribution < 1.29 is 14.3 Å². The first-order valence-corrected chi connectivity index (χ1v) is 6.75. The molecule has 0 amide bonds. The van der Waals surface area contributed by atoms with Crippen LogP contribution in [0, 0.1) is 0 Å². The summed E-state index contributed by atoms with van der Waals surface area (Å²) in [6.45, 7) is -0.00937. The van der Waals surface area contributed by atoms with Crippen LogP contribution in [0.1, 0.15) is 16.2 Å². The van der Waals surface area contributed by atoms with Gasteiger partial charge in [-0.2, -0.15) is 0 Å². The second-order valence-corrected chi connectivity index (χ2v) is 4.49. The Morgan fingerprint density at radius 2 is 2.13 bits per heavy atom. The number of carbonyl (C=O) groups is 1. The Kier molecular flexibility index (Phi) is 4.23. The molecule has 3 aromatic rings. The van der Waals surface area contributed by atoms with Gasteiger partial charge in [0.1, 0.15) is 23.7 Å². The number of carbonyl (C=O) groups excluding carboxylic acids is 1. The maximum atomic E-state index is 11.8. The van der Waals surface area contributed by atoms with Gasteiger partial charge in [0, 0.05) is 12.4 Å². The van der Waals surface area contributed by atoms with E-state index in [9.17, 15) is 4.79 Å². The number of hydrogen-bond acceptors (Lipinski definition) is 7. The first-order chi connectivity index (χ1) is 11.3. The number of benzene rings is 1. The van der Waals surface area contributed by atoms with Crippen molar-refractivity contribution >= 4 is 5.97 Å². The highest BCUT2D eigenvalue weighted by molar-refractivity contribution is 5.86. The van der Waals surface area contributed by atoms with E-state index in [2.05, 4.69) is 20.3 Å². The van der Waals surface area contributed by atoms with Gasteiger partial charge < -0.3 is 9.47 Å². The van der Waals surface area contributed by atoms with Gasteiger partial charge in [0.2, 0.25) is 0 Å². The lowest BCUT2D eigenvalue weighted by Crippen LogP contribution is -2.07. The van der Waals surface area contributed by atoms with Gasteiger partial charge in [-0.1, -0.05) is 17.3 Å². The number of aromatic nitrogens is 5. The van der Waals surface area contributed by atoms with Gasteiger partial charge in [-0.15, -0.1) is 5.10 Å². The zero-order chi connectivity index (χ0) is 16.1. The third-order valence-corrected chi connectivity index (χ3v) is 3.00. The molecule has 0 saturated heterocycles. The minimum atomic E-state index is -0.565. The molecule has 0 saturated carbocycles. The van der Waals surface area contributed by atoms with Crippen molar-refractivity contribution in [3.05, 3.63) is 60.4 Å². The summed E-state index contributed by atoms with van der Waals surface area (Å²) >= 11 is 0. The van der Waals surface area contributed by atoms with Crippen LogP contribution in [0.4, 0.5) is 0 Å². The molecule has 116 valence electrons. The Bertz CT molecular complexity index is 804. The molecule has 2 heterocycles. The van der Waals surface area contributed by atoms with E-state index in [0.717, 1.165) is 5.69 Å². The number of ether oxygens (including phenoxy) is 2. The highest BCUT2D eigenvalue weighted by atomic mass is 16.5. The van der Waals surface area contributed by atoms with E-state index in [-0.39, 0.29) is 12.3 Å².